The molecule has 1 atom stereocenters. The van der Waals surface area contributed by atoms with Crippen LogP contribution < -0.4 is 10.6 Å². The minimum Gasteiger partial charge on any atom is -0.351 e. The molecule has 0 spiro atoms. The number of hydrogen-bond acceptors (Lipinski definition) is 3. The van der Waals surface area contributed by atoms with Gasteiger partial charge in [-0.2, -0.15) is 0 Å². The summed E-state index contributed by atoms with van der Waals surface area (Å²) in [6, 6.07) is 4.52. The standard InChI is InChI=1S/C10H14BrN3/c1-7-2-3-9(11)10(13-7)14-5-4-8(14)6-12/h2-3,8H,4-6,12H2,1H3. The van der Waals surface area contributed by atoms with Gasteiger partial charge in [-0.3, -0.25) is 0 Å². The molecule has 0 saturated carbocycles. The minimum atomic E-state index is 0.473. The number of rotatable bonds is 2. The molecule has 0 bridgehead atoms. The normalized spacial score (nSPS) is 20.8. The fourth-order valence-electron chi connectivity index (χ4n) is 1.69. The lowest BCUT2D eigenvalue weighted by Gasteiger charge is -2.41. The molecule has 0 amide bonds. The highest BCUT2D eigenvalue weighted by molar-refractivity contribution is 9.10. The number of anilines is 1. The molecule has 2 N–H and O–H groups in total. The Balaban J connectivity index is 2.27. The molecule has 76 valence electrons. The van der Waals surface area contributed by atoms with E-state index in [1.165, 1.54) is 6.42 Å². The molecule has 1 aliphatic rings. The summed E-state index contributed by atoms with van der Waals surface area (Å²) in [6.45, 7) is 3.78. The Morgan fingerprint density at radius 1 is 1.64 bits per heavy atom. The fraction of sp³-hybridized carbons (Fsp3) is 0.500. The van der Waals surface area contributed by atoms with Gasteiger partial charge in [-0.1, -0.05) is 0 Å². The Bertz CT molecular complexity index is 338. The SMILES string of the molecule is Cc1ccc(Br)c(N2CCC2CN)n1. The quantitative estimate of drug-likeness (QED) is 0.875. The Morgan fingerprint density at radius 2 is 2.43 bits per heavy atom. The van der Waals surface area contributed by atoms with Crippen molar-refractivity contribution in [1.29, 1.82) is 0 Å². The minimum absolute atomic E-state index is 0.473. The van der Waals surface area contributed by atoms with Crippen LogP contribution in [0.25, 0.3) is 0 Å². The van der Waals surface area contributed by atoms with Crippen LogP contribution in [0.3, 0.4) is 0 Å². The molecule has 14 heavy (non-hydrogen) atoms. The zero-order valence-electron chi connectivity index (χ0n) is 8.20. The summed E-state index contributed by atoms with van der Waals surface area (Å²) in [5.74, 6) is 1.03. The molecule has 1 saturated heterocycles. The van der Waals surface area contributed by atoms with Gasteiger partial charge in [-0.05, 0) is 41.4 Å². The van der Waals surface area contributed by atoms with Gasteiger partial charge in [0.1, 0.15) is 5.82 Å². The average Bonchev–Trinajstić information content (AvgIpc) is 2.10. The molecule has 1 fully saturated rings. The molecule has 1 aromatic heterocycles. The third-order valence-electron chi connectivity index (χ3n) is 2.65. The average molecular weight is 256 g/mol. The maximum absolute atomic E-state index is 5.66. The smallest absolute Gasteiger partial charge is 0.143 e. The molecule has 2 rings (SSSR count). The van der Waals surface area contributed by atoms with Gasteiger partial charge in [-0.15, -0.1) is 0 Å². The largest absolute Gasteiger partial charge is 0.351 e. The first-order chi connectivity index (χ1) is 6.72. The first-order valence-electron chi connectivity index (χ1n) is 4.82. The van der Waals surface area contributed by atoms with E-state index in [-0.39, 0.29) is 0 Å². The van der Waals surface area contributed by atoms with E-state index < -0.39 is 0 Å². The van der Waals surface area contributed by atoms with Crippen molar-refractivity contribution in [3.05, 3.63) is 22.3 Å². The highest BCUT2D eigenvalue weighted by Gasteiger charge is 2.28. The van der Waals surface area contributed by atoms with Crippen LogP contribution in [0.5, 0.6) is 0 Å². The second-order valence-electron chi connectivity index (χ2n) is 3.63. The zero-order valence-corrected chi connectivity index (χ0v) is 9.79. The van der Waals surface area contributed by atoms with Gasteiger partial charge in [0, 0.05) is 24.8 Å². The number of halogens is 1. The molecule has 0 aliphatic carbocycles. The summed E-state index contributed by atoms with van der Waals surface area (Å²) in [5.41, 5.74) is 6.71. The Kier molecular flexibility index (Phi) is 2.74. The van der Waals surface area contributed by atoms with Crippen molar-refractivity contribution in [3.8, 4) is 0 Å². The molecular formula is C10H14BrN3. The Labute approximate surface area is 92.4 Å². The van der Waals surface area contributed by atoms with Gasteiger partial charge in [0.15, 0.2) is 0 Å². The monoisotopic (exact) mass is 255 g/mol. The van der Waals surface area contributed by atoms with Crippen molar-refractivity contribution in [2.75, 3.05) is 18.0 Å². The van der Waals surface area contributed by atoms with E-state index in [4.69, 9.17) is 5.73 Å². The molecule has 1 unspecified atom stereocenters. The van der Waals surface area contributed by atoms with E-state index >= 15 is 0 Å². The summed E-state index contributed by atoms with van der Waals surface area (Å²) in [5, 5.41) is 0. The second-order valence-corrected chi connectivity index (χ2v) is 4.48. The van der Waals surface area contributed by atoms with E-state index in [2.05, 4.69) is 25.8 Å². The van der Waals surface area contributed by atoms with Gasteiger partial charge in [0.25, 0.3) is 0 Å². The molecule has 4 heteroatoms. The lowest BCUT2D eigenvalue weighted by molar-refractivity contribution is 0.451. The third kappa shape index (κ3) is 1.64. The first-order valence-corrected chi connectivity index (χ1v) is 5.61. The van der Waals surface area contributed by atoms with Crippen LogP contribution in [0.15, 0.2) is 16.6 Å². The summed E-state index contributed by atoms with van der Waals surface area (Å²) in [7, 11) is 0. The molecule has 0 aromatic carbocycles. The lowest BCUT2D eigenvalue weighted by atomic mass is 10.0. The highest BCUT2D eigenvalue weighted by atomic mass is 79.9. The van der Waals surface area contributed by atoms with E-state index in [9.17, 15) is 0 Å². The van der Waals surface area contributed by atoms with Crippen LogP contribution >= 0.6 is 15.9 Å². The topological polar surface area (TPSA) is 42.1 Å². The summed E-state index contributed by atoms with van der Waals surface area (Å²) in [6.07, 6.45) is 1.18. The Hall–Kier alpha value is -0.610. The molecular weight excluding hydrogens is 242 g/mol. The summed E-state index contributed by atoms with van der Waals surface area (Å²) >= 11 is 3.52. The lowest BCUT2D eigenvalue weighted by Crippen LogP contribution is -2.52. The first kappa shape index (κ1) is 9.93. The fourth-order valence-corrected chi connectivity index (χ4v) is 2.14. The number of nitrogens with two attached hydrogens (primary N) is 1. The van der Waals surface area contributed by atoms with Crippen molar-refractivity contribution in [2.45, 2.75) is 19.4 Å². The maximum atomic E-state index is 5.66. The molecule has 0 radical (unpaired) electrons. The number of nitrogens with zero attached hydrogens (tertiary/aromatic N) is 2. The van der Waals surface area contributed by atoms with Crippen molar-refractivity contribution in [1.82, 2.24) is 4.98 Å². The van der Waals surface area contributed by atoms with Crippen molar-refractivity contribution < 1.29 is 0 Å². The van der Waals surface area contributed by atoms with E-state index in [1.54, 1.807) is 0 Å². The number of aromatic nitrogens is 1. The van der Waals surface area contributed by atoms with Crippen molar-refractivity contribution >= 4 is 21.7 Å². The van der Waals surface area contributed by atoms with Gasteiger partial charge in [0.05, 0.1) is 4.47 Å². The third-order valence-corrected chi connectivity index (χ3v) is 3.27. The summed E-state index contributed by atoms with van der Waals surface area (Å²) in [4.78, 5) is 6.78. The van der Waals surface area contributed by atoms with Crippen LogP contribution in [0.4, 0.5) is 5.82 Å². The van der Waals surface area contributed by atoms with E-state index in [1.807, 2.05) is 19.1 Å². The summed E-state index contributed by atoms with van der Waals surface area (Å²) < 4.78 is 1.06. The van der Waals surface area contributed by atoms with Gasteiger partial charge in [0.2, 0.25) is 0 Å². The number of aryl methyl sites for hydroxylation is 1. The molecule has 3 nitrogen and oxygen atoms in total. The van der Waals surface area contributed by atoms with E-state index in [0.717, 1.165) is 22.5 Å². The van der Waals surface area contributed by atoms with Gasteiger partial charge < -0.3 is 10.6 Å². The molecule has 2 heterocycles. The molecule has 1 aliphatic heterocycles. The van der Waals surface area contributed by atoms with Crippen LogP contribution in [0.2, 0.25) is 0 Å². The van der Waals surface area contributed by atoms with Crippen LogP contribution in [0.1, 0.15) is 12.1 Å². The van der Waals surface area contributed by atoms with Crippen LogP contribution in [-0.4, -0.2) is 24.1 Å². The zero-order chi connectivity index (χ0) is 10.1. The maximum Gasteiger partial charge on any atom is 0.143 e. The van der Waals surface area contributed by atoms with Gasteiger partial charge >= 0.3 is 0 Å². The highest BCUT2D eigenvalue weighted by Crippen LogP contribution is 2.30. The van der Waals surface area contributed by atoms with Crippen molar-refractivity contribution in [3.63, 3.8) is 0 Å². The van der Waals surface area contributed by atoms with Gasteiger partial charge in [-0.25, -0.2) is 4.98 Å². The predicted octanol–water partition coefficient (Wildman–Crippen LogP) is 1.69. The van der Waals surface area contributed by atoms with Crippen LogP contribution in [-0.2, 0) is 0 Å². The Morgan fingerprint density at radius 3 is 3.00 bits per heavy atom. The molecule has 1 aromatic rings. The number of hydrogen-bond donors (Lipinski definition) is 1. The predicted molar refractivity (Wildman–Crippen MR) is 61.5 cm³/mol. The van der Waals surface area contributed by atoms with Crippen molar-refractivity contribution in [2.24, 2.45) is 5.73 Å². The van der Waals surface area contributed by atoms with Crippen LogP contribution in [0, 0.1) is 6.92 Å². The second kappa shape index (κ2) is 3.87. The van der Waals surface area contributed by atoms with E-state index in [0.29, 0.717) is 12.6 Å². The number of pyridine rings is 1.